The quantitative estimate of drug-likeness (QED) is 0.355. The lowest BCUT2D eigenvalue weighted by Gasteiger charge is -2.25. The Bertz CT molecular complexity index is 1620. The molecule has 0 bridgehead atoms. The van der Waals surface area contributed by atoms with E-state index in [0.717, 1.165) is 4.47 Å². The summed E-state index contributed by atoms with van der Waals surface area (Å²) in [5.74, 6) is -0.127. The number of allylic oxidation sites excluding steroid dienone is 1. The van der Waals surface area contributed by atoms with Gasteiger partial charge in [0.05, 0.1) is 26.9 Å². The van der Waals surface area contributed by atoms with Gasteiger partial charge in [0.2, 0.25) is 0 Å². The number of hydrogen-bond acceptors (Lipinski definition) is 7. The van der Waals surface area contributed by atoms with Crippen LogP contribution in [0.2, 0.25) is 5.02 Å². The summed E-state index contributed by atoms with van der Waals surface area (Å²) in [6.45, 7) is 3.46. The smallest absolute Gasteiger partial charge is 0.338 e. The van der Waals surface area contributed by atoms with Gasteiger partial charge in [-0.15, -0.1) is 0 Å². The van der Waals surface area contributed by atoms with Crippen LogP contribution in [0.4, 0.5) is 0 Å². The molecule has 0 radical (unpaired) electrons. The molecular weight excluding hydrogens is 634 g/mol. The van der Waals surface area contributed by atoms with Crippen molar-refractivity contribution in [3.8, 4) is 11.8 Å². The number of rotatable bonds is 6. The molecule has 4 rings (SSSR count). The molecular formula is C25H18Br2ClN3O4S. The second-order valence-electron chi connectivity index (χ2n) is 7.58. The molecule has 3 aromatic rings. The van der Waals surface area contributed by atoms with E-state index in [-0.39, 0.29) is 24.3 Å². The number of esters is 1. The first-order valence-electron chi connectivity index (χ1n) is 10.7. The summed E-state index contributed by atoms with van der Waals surface area (Å²) >= 11 is 14.6. The molecule has 1 aromatic heterocycles. The summed E-state index contributed by atoms with van der Waals surface area (Å²) in [6.07, 6.45) is 1.68. The monoisotopic (exact) mass is 649 g/mol. The Hall–Kier alpha value is -2.71. The van der Waals surface area contributed by atoms with Gasteiger partial charge in [-0.2, -0.15) is 5.26 Å². The van der Waals surface area contributed by atoms with E-state index in [1.54, 1.807) is 56.3 Å². The van der Waals surface area contributed by atoms with Crippen LogP contribution in [0.15, 0.2) is 66.4 Å². The number of nitriles is 1. The lowest BCUT2D eigenvalue weighted by Crippen LogP contribution is -2.40. The Balaban J connectivity index is 1.99. The van der Waals surface area contributed by atoms with E-state index >= 15 is 0 Å². The first-order valence-corrected chi connectivity index (χ1v) is 13.5. The van der Waals surface area contributed by atoms with Crippen LogP contribution < -0.4 is 19.6 Å². The SMILES string of the molecule is CCOC(=O)C1=C(C)N=c2s/c(=C\c3cc(Br)cc(Br)c3OCC#N)c(=O)n2[C@@H]1c1ccccc1Cl. The number of benzene rings is 2. The molecule has 2 aromatic carbocycles. The molecule has 11 heteroatoms. The lowest BCUT2D eigenvalue weighted by atomic mass is 9.96. The first-order chi connectivity index (χ1) is 17.3. The largest absolute Gasteiger partial charge is 0.477 e. The summed E-state index contributed by atoms with van der Waals surface area (Å²) in [5.41, 5.74) is 1.54. The van der Waals surface area contributed by atoms with Crippen LogP contribution in [0.5, 0.6) is 5.75 Å². The molecule has 0 aliphatic carbocycles. The maximum Gasteiger partial charge on any atom is 0.338 e. The van der Waals surface area contributed by atoms with E-state index < -0.39 is 12.0 Å². The van der Waals surface area contributed by atoms with Crippen LogP contribution in [-0.4, -0.2) is 23.8 Å². The van der Waals surface area contributed by atoms with E-state index in [9.17, 15) is 9.59 Å². The Morgan fingerprint density at radius 1 is 1.33 bits per heavy atom. The summed E-state index contributed by atoms with van der Waals surface area (Å²) in [5, 5.41) is 9.39. The third-order valence-electron chi connectivity index (χ3n) is 5.32. The zero-order chi connectivity index (χ0) is 26.0. The average molecular weight is 652 g/mol. The minimum atomic E-state index is -0.806. The second kappa shape index (κ2) is 11.1. The molecule has 184 valence electrons. The zero-order valence-corrected chi connectivity index (χ0v) is 23.8. The normalized spacial score (nSPS) is 15.2. The van der Waals surface area contributed by atoms with E-state index in [1.165, 1.54) is 15.9 Å². The molecule has 0 amide bonds. The minimum absolute atomic E-state index is 0.156. The fraction of sp³-hybridized carbons (Fsp3) is 0.200. The van der Waals surface area contributed by atoms with Crippen molar-refractivity contribution in [1.29, 1.82) is 5.26 Å². The fourth-order valence-corrected chi connectivity index (χ4v) is 6.52. The number of aromatic nitrogens is 1. The predicted molar refractivity (Wildman–Crippen MR) is 145 cm³/mol. The van der Waals surface area contributed by atoms with E-state index in [2.05, 4.69) is 36.9 Å². The molecule has 0 N–H and O–H groups in total. The van der Waals surface area contributed by atoms with Gasteiger partial charge in [-0.1, -0.05) is 57.1 Å². The van der Waals surface area contributed by atoms with Gasteiger partial charge in [-0.25, -0.2) is 9.79 Å². The topological polar surface area (TPSA) is 93.7 Å². The summed E-state index contributed by atoms with van der Waals surface area (Å²) < 4.78 is 14.1. The number of nitrogens with zero attached hydrogens (tertiary/aromatic N) is 3. The van der Waals surface area contributed by atoms with Crippen molar-refractivity contribution in [2.75, 3.05) is 13.2 Å². The van der Waals surface area contributed by atoms with Crippen LogP contribution >= 0.6 is 54.8 Å². The number of carbonyl (C=O) groups excluding carboxylic acids is 1. The van der Waals surface area contributed by atoms with Crippen molar-refractivity contribution in [2.24, 2.45) is 4.99 Å². The average Bonchev–Trinajstić information content (AvgIpc) is 3.12. The van der Waals surface area contributed by atoms with E-state index in [4.69, 9.17) is 26.3 Å². The third kappa shape index (κ3) is 5.06. The van der Waals surface area contributed by atoms with Gasteiger partial charge in [-0.05, 0) is 59.6 Å². The van der Waals surface area contributed by atoms with Gasteiger partial charge in [-0.3, -0.25) is 9.36 Å². The fourth-order valence-electron chi connectivity index (χ4n) is 3.87. The molecule has 1 atom stereocenters. The van der Waals surface area contributed by atoms with Crippen molar-refractivity contribution in [1.82, 2.24) is 4.57 Å². The van der Waals surface area contributed by atoms with Crippen molar-refractivity contribution < 1.29 is 14.3 Å². The summed E-state index contributed by atoms with van der Waals surface area (Å²) in [4.78, 5) is 31.8. The standard InChI is InChI=1S/C25H18Br2ClN3O4S/c1-3-34-24(33)20-13(2)30-25-31(21(20)16-6-4-5-7-18(16)28)23(32)19(36-25)11-14-10-15(26)12-17(27)22(14)35-9-8-29/h4-7,10-12,21H,3,9H2,1-2H3/b19-11-/t21-/m1/s1. The van der Waals surface area contributed by atoms with Gasteiger partial charge in [0.1, 0.15) is 17.9 Å². The molecule has 0 fully saturated rings. The molecule has 0 unspecified atom stereocenters. The highest BCUT2D eigenvalue weighted by atomic mass is 79.9. The van der Waals surface area contributed by atoms with Crippen molar-refractivity contribution >= 4 is 66.8 Å². The van der Waals surface area contributed by atoms with Gasteiger partial charge in [0, 0.05) is 15.1 Å². The Kier molecular flexibility index (Phi) is 8.15. The number of carbonyl (C=O) groups is 1. The Labute approximate surface area is 232 Å². The lowest BCUT2D eigenvalue weighted by molar-refractivity contribution is -0.139. The zero-order valence-electron chi connectivity index (χ0n) is 19.0. The first kappa shape index (κ1) is 26.4. The highest BCUT2D eigenvalue weighted by molar-refractivity contribution is 9.11. The third-order valence-corrected chi connectivity index (χ3v) is 7.70. The molecule has 1 aliphatic rings. The van der Waals surface area contributed by atoms with Crippen LogP contribution in [0.25, 0.3) is 6.08 Å². The van der Waals surface area contributed by atoms with E-state index in [1.807, 2.05) is 6.07 Å². The molecule has 0 saturated heterocycles. The minimum Gasteiger partial charge on any atom is -0.477 e. The van der Waals surface area contributed by atoms with Gasteiger partial charge in [0.25, 0.3) is 5.56 Å². The van der Waals surface area contributed by atoms with Gasteiger partial charge >= 0.3 is 5.97 Å². The maximum atomic E-state index is 13.8. The molecule has 0 spiro atoms. The highest BCUT2D eigenvalue weighted by Gasteiger charge is 2.34. The molecule has 2 heterocycles. The van der Waals surface area contributed by atoms with Crippen molar-refractivity contribution in [2.45, 2.75) is 19.9 Å². The highest BCUT2D eigenvalue weighted by Crippen LogP contribution is 2.35. The summed E-state index contributed by atoms with van der Waals surface area (Å²) in [7, 11) is 0. The van der Waals surface area contributed by atoms with Crippen LogP contribution in [0.3, 0.4) is 0 Å². The van der Waals surface area contributed by atoms with E-state index in [0.29, 0.717) is 41.4 Å². The van der Waals surface area contributed by atoms with Crippen LogP contribution in [0.1, 0.15) is 31.0 Å². The van der Waals surface area contributed by atoms with Crippen molar-refractivity contribution in [3.63, 3.8) is 0 Å². The molecule has 1 aliphatic heterocycles. The van der Waals surface area contributed by atoms with Crippen LogP contribution in [-0.2, 0) is 9.53 Å². The molecule has 0 saturated carbocycles. The van der Waals surface area contributed by atoms with Gasteiger partial charge in [0.15, 0.2) is 11.4 Å². The number of thiazole rings is 1. The number of ether oxygens (including phenoxy) is 2. The van der Waals surface area contributed by atoms with Crippen molar-refractivity contribution in [3.05, 3.63) is 92.5 Å². The molecule has 36 heavy (non-hydrogen) atoms. The molecule has 7 nitrogen and oxygen atoms in total. The Morgan fingerprint density at radius 3 is 2.78 bits per heavy atom. The summed E-state index contributed by atoms with van der Waals surface area (Å²) in [6, 6.07) is 11.8. The maximum absolute atomic E-state index is 13.8. The number of fused-ring (bicyclic) bond motifs is 1. The predicted octanol–water partition coefficient (Wildman–Crippen LogP) is 4.88. The second-order valence-corrected chi connectivity index (χ2v) is 10.8. The number of hydrogen-bond donors (Lipinski definition) is 0. The van der Waals surface area contributed by atoms with Crippen LogP contribution in [0, 0.1) is 11.3 Å². The Morgan fingerprint density at radius 2 is 2.08 bits per heavy atom. The van der Waals surface area contributed by atoms with Gasteiger partial charge < -0.3 is 9.47 Å². The number of halogens is 3.